The SMILES string of the molecule is CC/C=C\C/C=C\C/C=C\C/C=C\C/C=C\CCCCCC(=O)OCC(COCCCCCCCCCCCCCCCCCC)OC(=O)CCCCCCCCCCC. The van der Waals surface area contributed by atoms with Crippen LogP contribution in [-0.2, 0) is 23.8 Å². The molecule has 0 radical (unpaired) electrons. The minimum atomic E-state index is -0.545. The zero-order valence-corrected chi connectivity index (χ0v) is 40.0. The van der Waals surface area contributed by atoms with E-state index in [2.05, 4.69) is 81.5 Å². The summed E-state index contributed by atoms with van der Waals surface area (Å²) in [6, 6.07) is 0. The van der Waals surface area contributed by atoms with Gasteiger partial charge in [-0.2, -0.15) is 0 Å². The van der Waals surface area contributed by atoms with Crippen molar-refractivity contribution in [3.05, 3.63) is 60.8 Å². The first-order chi connectivity index (χ1) is 29.6. The molecule has 0 saturated carbocycles. The van der Waals surface area contributed by atoms with Crippen LogP contribution in [0.3, 0.4) is 0 Å². The average molecular weight is 839 g/mol. The first-order valence-electron chi connectivity index (χ1n) is 25.8. The summed E-state index contributed by atoms with van der Waals surface area (Å²) in [5.41, 5.74) is 0. The minimum Gasteiger partial charge on any atom is -0.462 e. The van der Waals surface area contributed by atoms with E-state index < -0.39 is 6.10 Å². The van der Waals surface area contributed by atoms with Crippen molar-refractivity contribution in [1.82, 2.24) is 0 Å². The fourth-order valence-corrected chi connectivity index (χ4v) is 7.24. The minimum absolute atomic E-state index is 0.0708. The van der Waals surface area contributed by atoms with Crippen molar-refractivity contribution in [2.24, 2.45) is 0 Å². The highest BCUT2D eigenvalue weighted by molar-refractivity contribution is 5.70. The van der Waals surface area contributed by atoms with Gasteiger partial charge in [0.05, 0.1) is 6.61 Å². The maximum atomic E-state index is 12.7. The molecule has 0 aliphatic rings. The van der Waals surface area contributed by atoms with Gasteiger partial charge in [0.1, 0.15) is 6.61 Å². The van der Waals surface area contributed by atoms with E-state index in [-0.39, 0.29) is 25.2 Å². The third-order valence-corrected chi connectivity index (χ3v) is 11.1. The van der Waals surface area contributed by atoms with Crippen molar-refractivity contribution in [2.45, 2.75) is 258 Å². The van der Waals surface area contributed by atoms with E-state index in [1.807, 2.05) is 0 Å². The highest BCUT2D eigenvalue weighted by atomic mass is 16.6. The molecule has 1 unspecified atom stereocenters. The van der Waals surface area contributed by atoms with Gasteiger partial charge in [-0.05, 0) is 64.2 Å². The summed E-state index contributed by atoms with van der Waals surface area (Å²) in [5, 5.41) is 0. The van der Waals surface area contributed by atoms with Gasteiger partial charge in [0.25, 0.3) is 0 Å². The van der Waals surface area contributed by atoms with Gasteiger partial charge >= 0.3 is 11.9 Å². The normalized spacial score (nSPS) is 12.7. The summed E-state index contributed by atoms with van der Waals surface area (Å²) in [7, 11) is 0. The number of esters is 2. The number of hydrogen-bond donors (Lipinski definition) is 0. The molecule has 0 rings (SSSR count). The summed E-state index contributed by atoms with van der Waals surface area (Å²) in [6.45, 7) is 7.69. The first-order valence-corrected chi connectivity index (χ1v) is 25.8. The molecule has 0 saturated heterocycles. The highest BCUT2D eigenvalue weighted by Crippen LogP contribution is 2.15. The Labute approximate surface area is 373 Å². The quantitative estimate of drug-likeness (QED) is 0.0347. The highest BCUT2D eigenvalue weighted by Gasteiger charge is 2.17. The second kappa shape index (κ2) is 51.0. The molecule has 0 amide bonds. The van der Waals surface area contributed by atoms with Crippen LogP contribution in [0.5, 0.6) is 0 Å². The Morgan fingerprint density at radius 3 is 1.20 bits per heavy atom. The van der Waals surface area contributed by atoms with Gasteiger partial charge in [0.2, 0.25) is 0 Å². The molecule has 0 heterocycles. The van der Waals surface area contributed by atoms with Crippen LogP contribution >= 0.6 is 0 Å². The summed E-state index contributed by atoms with van der Waals surface area (Å²) in [6.07, 6.45) is 63.7. The Kier molecular flexibility index (Phi) is 48.9. The molecule has 60 heavy (non-hydrogen) atoms. The largest absolute Gasteiger partial charge is 0.462 e. The van der Waals surface area contributed by atoms with E-state index in [4.69, 9.17) is 14.2 Å². The topological polar surface area (TPSA) is 61.8 Å². The Balaban J connectivity index is 4.23. The van der Waals surface area contributed by atoms with Crippen molar-refractivity contribution >= 4 is 11.9 Å². The second-order valence-corrected chi connectivity index (χ2v) is 17.1. The predicted octanol–water partition coefficient (Wildman–Crippen LogP) is 17.3. The monoisotopic (exact) mass is 839 g/mol. The fraction of sp³-hybridized carbons (Fsp3) is 0.782. The molecule has 0 fully saturated rings. The lowest BCUT2D eigenvalue weighted by Crippen LogP contribution is -2.30. The van der Waals surface area contributed by atoms with Crippen LogP contribution in [0.25, 0.3) is 0 Å². The molecular weight excluding hydrogens is 741 g/mol. The number of carbonyl (C=O) groups excluding carboxylic acids is 2. The van der Waals surface area contributed by atoms with Gasteiger partial charge in [-0.1, -0.05) is 236 Å². The fourth-order valence-electron chi connectivity index (χ4n) is 7.24. The molecule has 0 aliphatic heterocycles. The van der Waals surface area contributed by atoms with Crippen LogP contribution in [0.2, 0.25) is 0 Å². The van der Waals surface area contributed by atoms with Crippen molar-refractivity contribution < 1.29 is 23.8 Å². The molecule has 5 heteroatoms. The molecule has 1 atom stereocenters. The van der Waals surface area contributed by atoms with E-state index in [0.29, 0.717) is 19.4 Å². The van der Waals surface area contributed by atoms with Crippen LogP contribution in [0.15, 0.2) is 60.8 Å². The number of rotatable bonds is 47. The third kappa shape index (κ3) is 48.3. The maximum absolute atomic E-state index is 12.7. The molecule has 0 aromatic carbocycles. The molecule has 0 N–H and O–H groups in total. The zero-order chi connectivity index (χ0) is 43.5. The lowest BCUT2D eigenvalue weighted by Gasteiger charge is -2.18. The van der Waals surface area contributed by atoms with E-state index in [1.165, 1.54) is 135 Å². The van der Waals surface area contributed by atoms with E-state index in [1.54, 1.807) is 0 Å². The van der Waals surface area contributed by atoms with Gasteiger partial charge in [-0.3, -0.25) is 9.59 Å². The Hall–Kier alpha value is -2.40. The second-order valence-electron chi connectivity index (χ2n) is 17.1. The van der Waals surface area contributed by atoms with Crippen LogP contribution in [-0.4, -0.2) is 37.9 Å². The van der Waals surface area contributed by atoms with Gasteiger partial charge in [-0.15, -0.1) is 0 Å². The van der Waals surface area contributed by atoms with Gasteiger partial charge < -0.3 is 14.2 Å². The third-order valence-electron chi connectivity index (χ3n) is 11.1. The number of allylic oxidation sites excluding steroid dienone is 10. The predicted molar refractivity (Wildman–Crippen MR) is 261 cm³/mol. The van der Waals surface area contributed by atoms with Gasteiger partial charge in [0.15, 0.2) is 6.10 Å². The van der Waals surface area contributed by atoms with Crippen molar-refractivity contribution in [2.75, 3.05) is 19.8 Å². The lowest BCUT2D eigenvalue weighted by atomic mass is 10.0. The molecular formula is C55H98O5. The molecule has 0 aromatic rings. The molecule has 0 bridgehead atoms. The maximum Gasteiger partial charge on any atom is 0.306 e. The first kappa shape index (κ1) is 57.6. The summed E-state index contributed by atoms with van der Waals surface area (Å²) in [4.78, 5) is 25.3. The molecule has 348 valence electrons. The average Bonchev–Trinajstić information content (AvgIpc) is 3.25. The Bertz CT molecular complexity index is 1040. The van der Waals surface area contributed by atoms with Crippen LogP contribution in [0, 0.1) is 0 Å². The summed E-state index contributed by atoms with van der Waals surface area (Å²) < 4.78 is 17.4. The van der Waals surface area contributed by atoms with Crippen molar-refractivity contribution in [1.29, 1.82) is 0 Å². The van der Waals surface area contributed by atoms with E-state index in [0.717, 1.165) is 83.5 Å². The van der Waals surface area contributed by atoms with Crippen LogP contribution < -0.4 is 0 Å². The number of unbranched alkanes of at least 4 members (excludes halogenated alkanes) is 26. The lowest BCUT2D eigenvalue weighted by molar-refractivity contribution is -0.163. The molecule has 0 aliphatic carbocycles. The standard InChI is InChI=1S/C55H98O5/c1-4-7-10-13-16-19-21-23-25-27-28-29-30-32-34-37-39-42-45-48-54(56)59-52-53(60-55(57)49-46-43-40-36-18-15-12-9-6-3)51-58-50-47-44-41-38-35-33-31-26-24-22-20-17-14-11-8-5-2/h7,10,16,19,23,25,28-29,32,34,53H,4-6,8-9,11-15,17-18,20-22,24,26-27,30-31,33,35-52H2,1-3H3/b10-7-,19-16-,25-23-,29-28-,34-32-. The number of hydrogen-bond acceptors (Lipinski definition) is 5. The summed E-state index contributed by atoms with van der Waals surface area (Å²) >= 11 is 0. The van der Waals surface area contributed by atoms with Gasteiger partial charge in [-0.25, -0.2) is 0 Å². The van der Waals surface area contributed by atoms with Crippen LogP contribution in [0.4, 0.5) is 0 Å². The molecule has 5 nitrogen and oxygen atoms in total. The van der Waals surface area contributed by atoms with Crippen LogP contribution in [0.1, 0.15) is 252 Å². The zero-order valence-electron chi connectivity index (χ0n) is 40.0. The summed E-state index contributed by atoms with van der Waals surface area (Å²) in [5.74, 6) is -0.428. The smallest absolute Gasteiger partial charge is 0.306 e. The molecule has 0 spiro atoms. The number of ether oxygens (including phenoxy) is 3. The van der Waals surface area contributed by atoms with Gasteiger partial charge in [0, 0.05) is 19.4 Å². The van der Waals surface area contributed by atoms with Crippen molar-refractivity contribution in [3.63, 3.8) is 0 Å². The van der Waals surface area contributed by atoms with E-state index in [9.17, 15) is 9.59 Å². The number of carbonyl (C=O) groups is 2. The molecule has 0 aromatic heterocycles. The Morgan fingerprint density at radius 1 is 0.383 bits per heavy atom. The Morgan fingerprint density at radius 2 is 0.750 bits per heavy atom. The van der Waals surface area contributed by atoms with Crippen molar-refractivity contribution in [3.8, 4) is 0 Å². The van der Waals surface area contributed by atoms with E-state index >= 15 is 0 Å².